The number of esters is 1. The van der Waals surface area contributed by atoms with Crippen LogP contribution in [0.15, 0.2) is 59.6 Å². The molecule has 0 bridgehead atoms. The molecule has 1 aliphatic heterocycles. The zero-order valence-corrected chi connectivity index (χ0v) is 18.4. The molecule has 7 nitrogen and oxygen atoms in total. The Labute approximate surface area is 181 Å². The third-order valence-corrected chi connectivity index (χ3v) is 7.15. The van der Waals surface area contributed by atoms with E-state index in [9.17, 15) is 13.2 Å². The van der Waals surface area contributed by atoms with E-state index in [2.05, 4.69) is 9.72 Å². The predicted octanol–water partition coefficient (Wildman–Crippen LogP) is 3.24. The maximum Gasteiger partial charge on any atom is 0.330 e. The second-order valence-electron chi connectivity index (χ2n) is 7.46. The number of anilines is 2. The Morgan fingerprint density at radius 3 is 2.65 bits per heavy atom. The third-order valence-electron chi connectivity index (χ3n) is 5.31. The number of hydrogen-bond donors (Lipinski definition) is 0. The van der Waals surface area contributed by atoms with E-state index >= 15 is 0 Å². The highest BCUT2D eigenvalue weighted by Crippen LogP contribution is 2.36. The van der Waals surface area contributed by atoms with E-state index in [1.165, 1.54) is 17.5 Å². The largest absolute Gasteiger partial charge is 0.466 e. The van der Waals surface area contributed by atoms with Crippen molar-refractivity contribution in [2.75, 3.05) is 37.0 Å². The Morgan fingerprint density at radius 2 is 1.90 bits per heavy atom. The molecule has 1 aliphatic rings. The molecule has 0 spiro atoms. The molecule has 0 amide bonds. The molecule has 0 N–H and O–H groups in total. The summed E-state index contributed by atoms with van der Waals surface area (Å²) in [5.41, 5.74) is 2.49. The molecular formula is C23H23N3O4S. The van der Waals surface area contributed by atoms with Crippen molar-refractivity contribution in [2.45, 2.75) is 11.3 Å². The first-order chi connectivity index (χ1) is 14.8. The number of benzene rings is 2. The SMILES string of the molecule is COC(=O)C=Cc1cnc2c(c1)CCN2S(=O)(=O)c1cccc2c(N(C)C)cccc12. The molecule has 4 rings (SSSR count). The van der Waals surface area contributed by atoms with Crippen molar-refractivity contribution in [1.29, 1.82) is 0 Å². The van der Waals surface area contributed by atoms with Crippen LogP contribution in [0.4, 0.5) is 11.5 Å². The first-order valence-electron chi connectivity index (χ1n) is 9.79. The van der Waals surface area contributed by atoms with Gasteiger partial charge in [0.25, 0.3) is 10.0 Å². The normalized spacial score (nSPS) is 13.6. The van der Waals surface area contributed by atoms with Gasteiger partial charge < -0.3 is 9.64 Å². The summed E-state index contributed by atoms with van der Waals surface area (Å²) in [6.07, 6.45) is 5.02. The molecule has 0 saturated carbocycles. The van der Waals surface area contributed by atoms with Crippen molar-refractivity contribution in [3.8, 4) is 0 Å². The maximum absolute atomic E-state index is 13.6. The van der Waals surface area contributed by atoms with Crippen LogP contribution in [-0.4, -0.2) is 47.1 Å². The average Bonchev–Trinajstić information content (AvgIpc) is 3.20. The molecular weight excluding hydrogens is 414 g/mol. The van der Waals surface area contributed by atoms with Gasteiger partial charge in [0.2, 0.25) is 0 Å². The number of hydrogen-bond acceptors (Lipinski definition) is 6. The summed E-state index contributed by atoms with van der Waals surface area (Å²) in [6, 6.07) is 12.9. The van der Waals surface area contributed by atoms with Gasteiger partial charge in [-0.1, -0.05) is 24.3 Å². The molecule has 0 radical (unpaired) electrons. The van der Waals surface area contributed by atoms with Crippen LogP contribution in [0.25, 0.3) is 16.8 Å². The summed E-state index contributed by atoms with van der Waals surface area (Å²) in [4.78, 5) is 17.9. The van der Waals surface area contributed by atoms with Crippen molar-refractivity contribution >= 4 is 44.3 Å². The first-order valence-corrected chi connectivity index (χ1v) is 11.2. The fourth-order valence-electron chi connectivity index (χ4n) is 3.81. The molecule has 0 saturated heterocycles. The van der Waals surface area contributed by atoms with E-state index in [1.807, 2.05) is 49.3 Å². The minimum atomic E-state index is -3.80. The first kappa shape index (κ1) is 20.9. The molecule has 3 aromatic rings. The molecule has 2 aromatic carbocycles. The van der Waals surface area contributed by atoms with Crippen LogP contribution >= 0.6 is 0 Å². The van der Waals surface area contributed by atoms with Crippen LogP contribution in [0.2, 0.25) is 0 Å². The number of methoxy groups -OCH3 is 1. The van der Waals surface area contributed by atoms with Crippen molar-refractivity contribution in [2.24, 2.45) is 0 Å². The summed E-state index contributed by atoms with van der Waals surface area (Å²) in [7, 11) is 1.37. The van der Waals surface area contributed by atoms with Gasteiger partial charge in [-0.2, -0.15) is 0 Å². The Balaban J connectivity index is 1.75. The molecule has 2 heterocycles. The number of fused-ring (bicyclic) bond motifs is 2. The van der Waals surface area contributed by atoms with E-state index in [0.29, 0.717) is 29.7 Å². The van der Waals surface area contributed by atoms with E-state index in [-0.39, 0.29) is 4.90 Å². The second-order valence-corrected chi connectivity index (χ2v) is 9.29. The number of carbonyl (C=O) groups excluding carboxylic acids is 1. The van der Waals surface area contributed by atoms with E-state index < -0.39 is 16.0 Å². The fourth-order valence-corrected chi connectivity index (χ4v) is 5.48. The van der Waals surface area contributed by atoms with Gasteiger partial charge >= 0.3 is 5.97 Å². The molecule has 0 atom stereocenters. The Bertz CT molecular complexity index is 1300. The summed E-state index contributed by atoms with van der Waals surface area (Å²) in [5.74, 6) is -0.0336. The lowest BCUT2D eigenvalue weighted by molar-refractivity contribution is -0.134. The van der Waals surface area contributed by atoms with Crippen molar-refractivity contribution in [3.05, 3.63) is 65.9 Å². The summed E-state index contributed by atoms with van der Waals surface area (Å²) in [6.45, 7) is 0.318. The van der Waals surface area contributed by atoms with E-state index in [0.717, 1.165) is 16.6 Å². The zero-order chi connectivity index (χ0) is 22.2. The van der Waals surface area contributed by atoms with Crippen LogP contribution in [0.5, 0.6) is 0 Å². The van der Waals surface area contributed by atoms with Crippen LogP contribution < -0.4 is 9.21 Å². The van der Waals surface area contributed by atoms with Gasteiger partial charge in [0.1, 0.15) is 5.82 Å². The monoisotopic (exact) mass is 437 g/mol. The highest BCUT2D eigenvalue weighted by Gasteiger charge is 2.33. The number of rotatable bonds is 5. The van der Waals surface area contributed by atoms with Gasteiger partial charge in [0.15, 0.2) is 0 Å². The van der Waals surface area contributed by atoms with E-state index in [1.54, 1.807) is 24.4 Å². The van der Waals surface area contributed by atoms with Crippen molar-refractivity contribution < 1.29 is 17.9 Å². The Morgan fingerprint density at radius 1 is 1.16 bits per heavy atom. The maximum atomic E-state index is 13.6. The summed E-state index contributed by atoms with van der Waals surface area (Å²) < 4.78 is 33.2. The Kier molecular flexibility index (Phi) is 5.41. The summed E-state index contributed by atoms with van der Waals surface area (Å²) >= 11 is 0. The van der Waals surface area contributed by atoms with Gasteiger partial charge in [-0.3, -0.25) is 0 Å². The van der Waals surface area contributed by atoms with Crippen molar-refractivity contribution in [3.63, 3.8) is 0 Å². The van der Waals surface area contributed by atoms with Gasteiger partial charge in [-0.25, -0.2) is 22.5 Å². The van der Waals surface area contributed by atoms with Crippen LogP contribution in [0, 0.1) is 0 Å². The van der Waals surface area contributed by atoms with Gasteiger partial charge in [-0.05, 0) is 41.8 Å². The minimum Gasteiger partial charge on any atom is -0.466 e. The quantitative estimate of drug-likeness (QED) is 0.450. The molecule has 8 heteroatoms. The molecule has 1 aromatic heterocycles. The third kappa shape index (κ3) is 3.74. The number of nitrogens with zero attached hydrogens (tertiary/aromatic N) is 3. The standard InChI is InChI=1S/C23H23N3O4S/c1-25(2)20-8-4-7-19-18(20)6-5-9-21(19)31(28,29)26-13-12-17-14-16(15-24-23(17)26)10-11-22(27)30-3/h4-11,14-15H,12-13H2,1-3H3. The average molecular weight is 438 g/mol. The minimum absolute atomic E-state index is 0.262. The lowest BCUT2D eigenvalue weighted by Crippen LogP contribution is -2.30. The molecule has 0 unspecified atom stereocenters. The Hall–Kier alpha value is -3.39. The second kappa shape index (κ2) is 8.03. The zero-order valence-electron chi connectivity index (χ0n) is 17.6. The molecule has 0 aliphatic carbocycles. The van der Waals surface area contributed by atoms with E-state index in [4.69, 9.17) is 0 Å². The van der Waals surface area contributed by atoms with Crippen LogP contribution in [0.3, 0.4) is 0 Å². The fraction of sp³-hybridized carbons (Fsp3) is 0.217. The lowest BCUT2D eigenvalue weighted by atomic mass is 10.1. The number of pyridine rings is 1. The smallest absolute Gasteiger partial charge is 0.330 e. The predicted molar refractivity (Wildman–Crippen MR) is 122 cm³/mol. The van der Waals surface area contributed by atoms with Crippen LogP contribution in [0.1, 0.15) is 11.1 Å². The van der Waals surface area contributed by atoms with Gasteiger partial charge in [-0.15, -0.1) is 0 Å². The molecule has 0 fully saturated rings. The topological polar surface area (TPSA) is 79.8 Å². The number of carbonyl (C=O) groups is 1. The van der Waals surface area contributed by atoms with Crippen molar-refractivity contribution in [1.82, 2.24) is 4.98 Å². The highest BCUT2D eigenvalue weighted by molar-refractivity contribution is 7.93. The molecule has 31 heavy (non-hydrogen) atoms. The van der Waals surface area contributed by atoms with Gasteiger partial charge in [0, 0.05) is 49.4 Å². The lowest BCUT2D eigenvalue weighted by Gasteiger charge is -2.21. The van der Waals surface area contributed by atoms with Gasteiger partial charge in [0.05, 0.1) is 12.0 Å². The summed E-state index contributed by atoms with van der Waals surface area (Å²) in [5, 5.41) is 1.56. The highest BCUT2D eigenvalue weighted by atomic mass is 32.2. The molecule has 160 valence electrons. The number of ether oxygens (including phenoxy) is 1. The number of sulfonamides is 1. The number of aromatic nitrogens is 1. The van der Waals surface area contributed by atoms with Crippen LogP contribution in [-0.2, 0) is 26.0 Å².